The molecule has 0 saturated carbocycles. The zero-order chi connectivity index (χ0) is 11.4. The number of aliphatic carboxylic acids is 1. The van der Waals surface area contributed by atoms with E-state index in [1.807, 2.05) is 25.1 Å². The maximum atomic E-state index is 10.6. The van der Waals surface area contributed by atoms with Crippen molar-refractivity contribution in [2.75, 3.05) is 0 Å². The molecule has 3 heteroatoms. The number of benzene rings is 1. The molecular formula is C12H15ClO2. The SMILES string of the molecule is Cc1cc(CCC(C)C(=O)O)ccc1Cl. The number of hydrogen-bond acceptors (Lipinski definition) is 1. The molecule has 0 aliphatic heterocycles. The van der Waals surface area contributed by atoms with Gasteiger partial charge in [-0.05, 0) is 37.0 Å². The van der Waals surface area contributed by atoms with Crippen LogP contribution in [-0.2, 0) is 11.2 Å². The van der Waals surface area contributed by atoms with Crippen LogP contribution < -0.4 is 0 Å². The summed E-state index contributed by atoms with van der Waals surface area (Å²) < 4.78 is 0. The first-order chi connectivity index (χ1) is 7.00. The van der Waals surface area contributed by atoms with Gasteiger partial charge in [-0.3, -0.25) is 4.79 Å². The van der Waals surface area contributed by atoms with Crippen LogP contribution in [0.15, 0.2) is 18.2 Å². The Labute approximate surface area is 94.9 Å². The van der Waals surface area contributed by atoms with Gasteiger partial charge in [-0.15, -0.1) is 0 Å². The molecule has 0 saturated heterocycles. The number of rotatable bonds is 4. The summed E-state index contributed by atoms with van der Waals surface area (Å²) in [6, 6.07) is 5.82. The highest BCUT2D eigenvalue weighted by Crippen LogP contribution is 2.18. The molecule has 0 aromatic heterocycles. The van der Waals surface area contributed by atoms with Crippen LogP contribution >= 0.6 is 11.6 Å². The van der Waals surface area contributed by atoms with Gasteiger partial charge >= 0.3 is 5.97 Å². The van der Waals surface area contributed by atoms with Crippen molar-refractivity contribution < 1.29 is 9.90 Å². The number of carbonyl (C=O) groups is 1. The number of carboxylic acids is 1. The van der Waals surface area contributed by atoms with E-state index in [1.165, 1.54) is 0 Å². The van der Waals surface area contributed by atoms with Crippen molar-refractivity contribution in [1.82, 2.24) is 0 Å². The zero-order valence-corrected chi connectivity index (χ0v) is 9.71. The molecule has 1 atom stereocenters. The number of halogens is 1. The Balaban J connectivity index is 2.58. The Morgan fingerprint density at radius 3 is 2.73 bits per heavy atom. The first-order valence-corrected chi connectivity index (χ1v) is 5.36. The van der Waals surface area contributed by atoms with E-state index in [9.17, 15) is 4.79 Å². The Morgan fingerprint density at radius 1 is 1.53 bits per heavy atom. The lowest BCUT2D eigenvalue weighted by Crippen LogP contribution is -2.10. The van der Waals surface area contributed by atoms with Gasteiger partial charge in [0.2, 0.25) is 0 Å². The van der Waals surface area contributed by atoms with Crippen LogP contribution in [0.2, 0.25) is 5.02 Å². The second-order valence-electron chi connectivity index (χ2n) is 3.86. The minimum atomic E-state index is -0.735. The monoisotopic (exact) mass is 226 g/mol. The average Bonchev–Trinajstić information content (AvgIpc) is 2.19. The van der Waals surface area contributed by atoms with Crippen molar-refractivity contribution >= 4 is 17.6 Å². The lowest BCUT2D eigenvalue weighted by molar-refractivity contribution is -0.141. The molecule has 1 N–H and O–H groups in total. The second-order valence-corrected chi connectivity index (χ2v) is 4.27. The minimum Gasteiger partial charge on any atom is -0.481 e. The summed E-state index contributed by atoms with van der Waals surface area (Å²) in [6.45, 7) is 3.68. The molecule has 15 heavy (non-hydrogen) atoms. The summed E-state index contributed by atoms with van der Waals surface area (Å²) in [5.41, 5.74) is 2.18. The van der Waals surface area contributed by atoms with E-state index in [4.69, 9.17) is 16.7 Å². The molecule has 1 unspecified atom stereocenters. The highest BCUT2D eigenvalue weighted by molar-refractivity contribution is 6.31. The fourth-order valence-corrected chi connectivity index (χ4v) is 1.49. The fourth-order valence-electron chi connectivity index (χ4n) is 1.37. The van der Waals surface area contributed by atoms with Gasteiger partial charge < -0.3 is 5.11 Å². The topological polar surface area (TPSA) is 37.3 Å². The zero-order valence-electron chi connectivity index (χ0n) is 8.96. The third-order valence-corrected chi connectivity index (χ3v) is 2.93. The van der Waals surface area contributed by atoms with Crippen molar-refractivity contribution in [3.63, 3.8) is 0 Å². The van der Waals surface area contributed by atoms with Crippen LogP contribution in [-0.4, -0.2) is 11.1 Å². The molecule has 0 heterocycles. The van der Waals surface area contributed by atoms with Gasteiger partial charge in [0.05, 0.1) is 5.92 Å². The molecular weight excluding hydrogens is 212 g/mol. The van der Waals surface area contributed by atoms with Gasteiger partial charge in [0.25, 0.3) is 0 Å². The molecule has 0 spiro atoms. The Morgan fingerprint density at radius 2 is 2.20 bits per heavy atom. The summed E-state index contributed by atoms with van der Waals surface area (Å²) in [4.78, 5) is 10.6. The van der Waals surface area contributed by atoms with Gasteiger partial charge in [0, 0.05) is 5.02 Å². The minimum absolute atomic E-state index is 0.291. The summed E-state index contributed by atoms with van der Waals surface area (Å²) in [6.07, 6.45) is 1.45. The largest absolute Gasteiger partial charge is 0.481 e. The van der Waals surface area contributed by atoms with Crippen molar-refractivity contribution in [2.24, 2.45) is 5.92 Å². The fraction of sp³-hybridized carbons (Fsp3) is 0.417. The van der Waals surface area contributed by atoms with Crippen LogP contribution in [0.25, 0.3) is 0 Å². The lowest BCUT2D eigenvalue weighted by atomic mass is 10.0. The Kier molecular flexibility index (Phi) is 4.15. The molecule has 82 valence electrons. The van der Waals surface area contributed by atoms with Gasteiger partial charge in [0.15, 0.2) is 0 Å². The number of hydrogen-bond donors (Lipinski definition) is 1. The lowest BCUT2D eigenvalue weighted by Gasteiger charge is -2.07. The quantitative estimate of drug-likeness (QED) is 0.856. The van der Waals surface area contributed by atoms with Gasteiger partial charge in [-0.2, -0.15) is 0 Å². The average molecular weight is 227 g/mol. The normalized spacial score (nSPS) is 12.5. The van der Waals surface area contributed by atoms with Gasteiger partial charge in [-0.25, -0.2) is 0 Å². The van der Waals surface area contributed by atoms with E-state index < -0.39 is 5.97 Å². The number of aryl methyl sites for hydroxylation is 2. The third-order valence-electron chi connectivity index (χ3n) is 2.51. The van der Waals surface area contributed by atoms with Crippen LogP contribution in [0.5, 0.6) is 0 Å². The standard InChI is InChI=1S/C12H15ClO2/c1-8(12(14)15)3-4-10-5-6-11(13)9(2)7-10/h5-8H,3-4H2,1-2H3,(H,14,15). The van der Waals surface area contributed by atoms with Crippen molar-refractivity contribution in [1.29, 1.82) is 0 Å². The van der Waals surface area contributed by atoms with E-state index in [0.717, 1.165) is 22.6 Å². The first kappa shape index (κ1) is 12.1. The number of carboxylic acid groups (broad SMARTS) is 1. The van der Waals surface area contributed by atoms with Crippen molar-refractivity contribution in [3.8, 4) is 0 Å². The van der Waals surface area contributed by atoms with E-state index >= 15 is 0 Å². The van der Waals surface area contributed by atoms with E-state index in [1.54, 1.807) is 6.92 Å². The van der Waals surface area contributed by atoms with Gasteiger partial charge in [0.1, 0.15) is 0 Å². The first-order valence-electron chi connectivity index (χ1n) is 4.98. The summed E-state index contributed by atoms with van der Waals surface area (Å²) in [7, 11) is 0. The predicted octanol–water partition coefficient (Wildman–Crippen LogP) is 3.30. The van der Waals surface area contributed by atoms with Gasteiger partial charge in [-0.1, -0.05) is 30.7 Å². The maximum Gasteiger partial charge on any atom is 0.306 e. The van der Waals surface area contributed by atoms with Crippen LogP contribution in [0.1, 0.15) is 24.5 Å². The summed E-state index contributed by atoms with van der Waals surface area (Å²) in [5.74, 6) is -1.03. The molecule has 1 aromatic carbocycles. The van der Waals surface area contributed by atoms with Crippen LogP contribution in [0.4, 0.5) is 0 Å². The third kappa shape index (κ3) is 3.56. The molecule has 0 amide bonds. The van der Waals surface area contributed by atoms with Crippen molar-refractivity contribution in [3.05, 3.63) is 34.3 Å². The Bertz CT molecular complexity index is 361. The molecule has 0 fully saturated rings. The summed E-state index contributed by atoms with van der Waals surface area (Å²) >= 11 is 5.90. The predicted molar refractivity (Wildman–Crippen MR) is 61.3 cm³/mol. The molecule has 0 aliphatic carbocycles. The van der Waals surface area contributed by atoms with E-state index in [0.29, 0.717) is 6.42 Å². The smallest absolute Gasteiger partial charge is 0.306 e. The van der Waals surface area contributed by atoms with Crippen molar-refractivity contribution in [2.45, 2.75) is 26.7 Å². The van der Waals surface area contributed by atoms with Crippen LogP contribution in [0.3, 0.4) is 0 Å². The highest BCUT2D eigenvalue weighted by atomic mass is 35.5. The van der Waals surface area contributed by atoms with E-state index in [2.05, 4.69) is 0 Å². The van der Waals surface area contributed by atoms with Crippen LogP contribution in [0, 0.1) is 12.8 Å². The molecule has 0 bridgehead atoms. The molecule has 0 aliphatic rings. The highest BCUT2D eigenvalue weighted by Gasteiger charge is 2.10. The van der Waals surface area contributed by atoms with E-state index in [-0.39, 0.29) is 5.92 Å². The second kappa shape index (κ2) is 5.17. The molecule has 0 radical (unpaired) electrons. The summed E-state index contributed by atoms with van der Waals surface area (Å²) in [5, 5.41) is 9.49. The Hall–Kier alpha value is -1.02. The molecule has 2 nitrogen and oxygen atoms in total. The molecule has 1 rings (SSSR count). The maximum absolute atomic E-state index is 10.6. The molecule has 1 aromatic rings.